The van der Waals surface area contributed by atoms with Crippen LogP contribution in [0.25, 0.3) is 0 Å². The van der Waals surface area contributed by atoms with Crippen LogP contribution < -0.4 is 34.7 Å². The Morgan fingerprint density at radius 3 is 1.15 bits per heavy atom. The molecule has 0 aliphatic rings. The maximum Gasteiger partial charge on any atom is 1.00 e. The van der Waals surface area contributed by atoms with Crippen molar-refractivity contribution in [3.63, 3.8) is 0 Å². The number of halogens is 15. The third kappa shape index (κ3) is 4.36. The molecule has 0 bridgehead atoms. The fourth-order valence-corrected chi connectivity index (χ4v) is 1.02. The van der Waals surface area contributed by atoms with Gasteiger partial charge in [-0.2, -0.15) is 65.9 Å². The van der Waals surface area contributed by atoms with Crippen LogP contribution in [0, 0.1) is 0 Å². The molecular weight excluding hydrogens is 452 g/mol. The standard InChI is InChI=1S/C8HF15O3.Na/c9-2(10,1(24)25)26-8(22,23)6(17,18)4(13,14)3(11,12)5(15,16)7(19,20)21;/h(H,24,25);/q;+1/p-1. The molecule has 0 N–H and O–H groups in total. The van der Waals surface area contributed by atoms with Crippen LogP contribution in [-0.4, -0.2) is 48.1 Å². The van der Waals surface area contributed by atoms with Gasteiger partial charge in [0.15, 0.2) is 0 Å². The summed E-state index contributed by atoms with van der Waals surface area (Å²) in [6.45, 7) is 0. The number of ether oxygens (including phenoxy) is 1. The Labute approximate surface area is 158 Å². The smallest absolute Gasteiger partial charge is 0.542 e. The van der Waals surface area contributed by atoms with Crippen molar-refractivity contribution in [2.75, 3.05) is 0 Å². The molecule has 0 aromatic heterocycles. The molecule has 0 unspecified atom stereocenters. The van der Waals surface area contributed by atoms with Gasteiger partial charge in [-0.15, -0.1) is 0 Å². The SMILES string of the molecule is O=C([O-])C(F)(F)OC(F)(F)C(F)(F)C(F)(F)C(F)(F)C(F)(F)C(F)(F)F.[Na+]. The Balaban J connectivity index is 0. The van der Waals surface area contributed by atoms with Crippen LogP contribution in [0.1, 0.15) is 0 Å². The van der Waals surface area contributed by atoms with Crippen molar-refractivity contribution < 1.29 is 110 Å². The molecule has 0 aromatic carbocycles. The molecular formula is C8F15NaO3. The van der Waals surface area contributed by atoms with Gasteiger partial charge in [-0.05, 0) is 0 Å². The van der Waals surface area contributed by atoms with Gasteiger partial charge < -0.3 is 9.90 Å². The number of carboxylic acid groups (broad SMARTS) is 1. The average molecular weight is 452 g/mol. The molecule has 19 heteroatoms. The summed E-state index contributed by atoms with van der Waals surface area (Å²) in [5.41, 5.74) is 0. The molecule has 0 atom stereocenters. The minimum atomic E-state index is -8.38. The number of aliphatic carboxylic acids is 1. The van der Waals surface area contributed by atoms with Gasteiger partial charge in [0.25, 0.3) is 0 Å². The zero-order valence-corrected chi connectivity index (χ0v) is 13.9. The molecule has 0 aliphatic carbocycles. The van der Waals surface area contributed by atoms with Gasteiger partial charge in [-0.25, -0.2) is 4.74 Å². The Kier molecular flexibility index (Phi) is 7.76. The summed E-state index contributed by atoms with van der Waals surface area (Å²) in [6.07, 6.45) is -21.9. The molecule has 0 amide bonds. The van der Waals surface area contributed by atoms with Gasteiger partial charge in [-0.3, -0.25) is 0 Å². The summed E-state index contributed by atoms with van der Waals surface area (Å²) in [5.74, 6) is -37.1. The molecule has 0 heterocycles. The number of carbonyl (C=O) groups excluding carboxylic acids is 1. The van der Waals surface area contributed by atoms with Crippen molar-refractivity contribution in [2.24, 2.45) is 0 Å². The van der Waals surface area contributed by atoms with Crippen LogP contribution in [0.3, 0.4) is 0 Å². The Bertz CT molecular complexity index is 554. The Hall–Kier alpha value is -0.620. The minimum absolute atomic E-state index is 0. The van der Waals surface area contributed by atoms with Gasteiger partial charge in [0.2, 0.25) is 0 Å². The Morgan fingerprint density at radius 1 is 0.593 bits per heavy atom. The van der Waals surface area contributed by atoms with Crippen molar-refractivity contribution in [1.82, 2.24) is 0 Å². The maximum absolute atomic E-state index is 12.8. The van der Waals surface area contributed by atoms with Crippen LogP contribution in [0.15, 0.2) is 0 Å². The van der Waals surface area contributed by atoms with E-state index in [4.69, 9.17) is 0 Å². The van der Waals surface area contributed by atoms with E-state index in [0.29, 0.717) is 0 Å². The van der Waals surface area contributed by atoms with Gasteiger partial charge in [0, 0.05) is 0 Å². The average Bonchev–Trinajstić information content (AvgIpc) is 2.34. The third-order valence-corrected chi connectivity index (χ3v) is 2.40. The number of rotatable bonds is 7. The maximum atomic E-state index is 12.8. The second-order valence-corrected chi connectivity index (χ2v) is 4.22. The van der Waals surface area contributed by atoms with Crippen molar-refractivity contribution in [1.29, 1.82) is 0 Å². The van der Waals surface area contributed by atoms with Crippen molar-refractivity contribution in [3.8, 4) is 0 Å². The summed E-state index contributed by atoms with van der Waals surface area (Å²) in [5, 5.41) is 9.59. The van der Waals surface area contributed by atoms with Crippen molar-refractivity contribution in [3.05, 3.63) is 0 Å². The molecule has 0 aliphatic heterocycles. The first kappa shape index (κ1) is 28.6. The summed E-state index contributed by atoms with van der Waals surface area (Å²) in [6, 6.07) is 0. The largest absolute Gasteiger partial charge is 1.00 e. The van der Waals surface area contributed by atoms with E-state index in [0.717, 1.165) is 0 Å². The van der Waals surface area contributed by atoms with Gasteiger partial charge in [-0.1, -0.05) is 0 Å². The summed E-state index contributed by atoms with van der Waals surface area (Å²) < 4.78 is 188. The van der Waals surface area contributed by atoms with Gasteiger partial charge in [0.1, 0.15) is 5.97 Å². The van der Waals surface area contributed by atoms with Crippen molar-refractivity contribution >= 4 is 5.97 Å². The number of carbonyl (C=O) groups is 1. The normalized spacial score (nSPS) is 15.4. The second-order valence-electron chi connectivity index (χ2n) is 4.22. The molecule has 0 saturated carbocycles. The van der Waals surface area contributed by atoms with Crippen LogP contribution in [0.5, 0.6) is 0 Å². The molecule has 27 heavy (non-hydrogen) atoms. The van der Waals surface area contributed by atoms with Gasteiger partial charge >= 0.3 is 71.6 Å². The molecule has 0 aromatic rings. The molecule has 0 rings (SSSR count). The van der Waals surface area contributed by atoms with E-state index in [2.05, 4.69) is 0 Å². The van der Waals surface area contributed by atoms with E-state index in [9.17, 15) is 75.8 Å². The van der Waals surface area contributed by atoms with Crippen LogP contribution in [0.4, 0.5) is 65.9 Å². The van der Waals surface area contributed by atoms with E-state index in [1.165, 1.54) is 4.74 Å². The second kappa shape index (κ2) is 7.33. The first-order valence-electron chi connectivity index (χ1n) is 5.15. The fourth-order valence-electron chi connectivity index (χ4n) is 1.02. The minimum Gasteiger partial charge on any atom is -0.542 e. The molecule has 0 radical (unpaired) electrons. The summed E-state index contributed by atoms with van der Waals surface area (Å²) in [4.78, 5) is 9.59. The van der Waals surface area contributed by atoms with Gasteiger partial charge in [0.05, 0.1) is 0 Å². The monoisotopic (exact) mass is 452 g/mol. The quantitative estimate of drug-likeness (QED) is 0.406. The zero-order valence-electron chi connectivity index (χ0n) is 11.9. The molecule has 0 spiro atoms. The number of hydrogen-bond donors (Lipinski definition) is 0. The molecule has 0 saturated heterocycles. The number of alkyl halides is 15. The van der Waals surface area contributed by atoms with Crippen LogP contribution in [-0.2, 0) is 9.53 Å². The summed E-state index contributed by atoms with van der Waals surface area (Å²) in [7, 11) is 0. The predicted molar refractivity (Wildman–Crippen MR) is 41.8 cm³/mol. The first-order valence-corrected chi connectivity index (χ1v) is 5.15. The van der Waals surface area contributed by atoms with Crippen LogP contribution in [0.2, 0.25) is 0 Å². The van der Waals surface area contributed by atoms with E-state index in [1.54, 1.807) is 0 Å². The summed E-state index contributed by atoms with van der Waals surface area (Å²) >= 11 is 0. The first-order chi connectivity index (χ1) is 10.9. The molecule has 0 fully saturated rings. The van der Waals surface area contributed by atoms with E-state index < -0.39 is 48.1 Å². The fraction of sp³-hybridized carbons (Fsp3) is 0.875. The zero-order chi connectivity index (χ0) is 21.8. The topological polar surface area (TPSA) is 49.4 Å². The predicted octanol–water partition coefficient (Wildman–Crippen LogP) is 0.0460. The number of carboxylic acids is 1. The molecule has 3 nitrogen and oxygen atoms in total. The van der Waals surface area contributed by atoms with E-state index in [-0.39, 0.29) is 29.6 Å². The number of hydrogen-bond acceptors (Lipinski definition) is 3. The molecule has 156 valence electrons. The van der Waals surface area contributed by atoms with Crippen LogP contribution >= 0.6 is 0 Å². The third-order valence-electron chi connectivity index (χ3n) is 2.40. The van der Waals surface area contributed by atoms with Crippen molar-refractivity contribution in [2.45, 2.75) is 42.1 Å². The van der Waals surface area contributed by atoms with E-state index >= 15 is 0 Å². The Morgan fingerprint density at radius 2 is 0.889 bits per heavy atom. The van der Waals surface area contributed by atoms with E-state index in [1.807, 2.05) is 0 Å².